The molecule has 0 unspecified atom stereocenters. The summed E-state index contributed by atoms with van der Waals surface area (Å²) < 4.78 is 37.5. The minimum atomic E-state index is -4.78. The summed E-state index contributed by atoms with van der Waals surface area (Å²) in [6.07, 6.45) is -4.78. The van der Waals surface area contributed by atoms with Gasteiger partial charge in [-0.1, -0.05) is 0 Å². The van der Waals surface area contributed by atoms with Crippen molar-refractivity contribution in [2.24, 2.45) is 0 Å². The van der Waals surface area contributed by atoms with Gasteiger partial charge in [0, 0.05) is 11.5 Å². The Bertz CT molecular complexity index is 434. The minimum Gasteiger partial charge on any atom is -0.383 e. The van der Waals surface area contributed by atoms with Crippen LogP contribution in [0.5, 0.6) is 0 Å². The van der Waals surface area contributed by atoms with E-state index in [-0.39, 0.29) is 10.2 Å². The van der Waals surface area contributed by atoms with E-state index in [9.17, 15) is 23.3 Å². The van der Waals surface area contributed by atoms with Gasteiger partial charge >= 0.3 is 11.9 Å². The maximum absolute atomic E-state index is 12.6. The summed E-state index contributed by atoms with van der Waals surface area (Å²) in [6, 6.07) is 2.32. The quantitative estimate of drug-likeness (QED) is 0.672. The molecule has 0 spiro atoms. The predicted octanol–water partition coefficient (Wildman–Crippen LogP) is 3.42. The van der Waals surface area contributed by atoms with E-state index in [1.54, 1.807) is 0 Å². The molecule has 0 fully saturated rings. The molecule has 16 heavy (non-hydrogen) atoms. The zero-order valence-corrected chi connectivity index (χ0v) is 9.52. The van der Waals surface area contributed by atoms with Gasteiger partial charge in [0.15, 0.2) is 0 Å². The topological polar surface area (TPSA) is 55.2 Å². The van der Waals surface area contributed by atoms with Crippen molar-refractivity contribution in [1.82, 2.24) is 0 Å². The Labute approximate surface area is 96.7 Å². The van der Waals surface area contributed by atoms with E-state index in [0.29, 0.717) is 0 Å². The third-order valence-electron chi connectivity index (χ3n) is 1.86. The molecular weight excluding hydrogens is 293 g/mol. The molecule has 0 aliphatic carbocycles. The van der Waals surface area contributed by atoms with Gasteiger partial charge in [0.2, 0.25) is 0 Å². The van der Waals surface area contributed by atoms with E-state index in [0.717, 1.165) is 6.07 Å². The second-order valence-electron chi connectivity index (χ2n) is 2.82. The first-order chi connectivity index (χ1) is 7.29. The average Bonchev–Trinajstić information content (AvgIpc) is 2.15. The van der Waals surface area contributed by atoms with Crippen LogP contribution in [0.25, 0.3) is 0 Å². The number of nitrogens with zero attached hydrogens (tertiary/aromatic N) is 1. The van der Waals surface area contributed by atoms with Crippen LogP contribution in [0.15, 0.2) is 16.6 Å². The zero-order valence-electron chi connectivity index (χ0n) is 7.93. The first-order valence-electron chi connectivity index (χ1n) is 4.01. The molecule has 8 heteroatoms. The summed E-state index contributed by atoms with van der Waals surface area (Å²) in [7, 11) is 1.32. The van der Waals surface area contributed by atoms with Crippen molar-refractivity contribution >= 4 is 27.3 Å². The molecule has 0 amide bonds. The lowest BCUT2D eigenvalue weighted by Gasteiger charge is -2.12. The molecule has 0 aliphatic rings. The molecule has 0 saturated carbocycles. The molecule has 0 aromatic heterocycles. The van der Waals surface area contributed by atoms with Gasteiger partial charge in [0.1, 0.15) is 11.3 Å². The summed E-state index contributed by atoms with van der Waals surface area (Å²) >= 11 is 2.66. The molecule has 88 valence electrons. The van der Waals surface area contributed by atoms with Gasteiger partial charge in [-0.15, -0.1) is 0 Å². The highest BCUT2D eigenvalue weighted by Gasteiger charge is 2.42. The molecule has 4 nitrogen and oxygen atoms in total. The standard InChI is InChI=1S/C8H6BrF3N2O2/c1-13-5-3-2-4(9)6(8(10,11)12)7(5)14(15)16/h2-3,13H,1H3. The maximum Gasteiger partial charge on any atom is 0.424 e. The van der Waals surface area contributed by atoms with Crippen molar-refractivity contribution in [3.63, 3.8) is 0 Å². The molecule has 0 saturated heterocycles. The molecule has 0 atom stereocenters. The number of hydrogen-bond donors (Lipinski definition) is 1. The molecule has 0 bridgehead atoms. The van der Waals surface area contributed by atoms with Crippen LogP contribution in [-0.2, 0) is 6.18 Å². The SMILES string of the molecule is CNc1ccc(Br)c(C(F)(F)F)c1[N+](=O)[O-]. The molecule has 0 radical (unpaired) electrons. The van der Waals surface area contributed by atoms with Crippen molar-refractivity contribution in [2.75, 3.05) is 12.4 Å². The molecule has 1 aromatic rings. The molecule has 1 aromatic carbocycles. The number of nitrogens with one attached hydrogen (secondary N) is 1. The van der Waals surface area contributed by atoms with Crippen LogP contribution in [0.2, 0.25) is 0 Å². The van der Waals surface area contributed by atoms with Crippen molar-refractivity contribution in [1.29, 1.82) is 0 Å². The normalized spacial score (nSPS) is 11.3. The molecular formula is C8H6BrF3N2O2. The van der Waals surface area contributed by atoms with Crippen LogP contribution >= 0.6 is 15.9 Å². The van der Waals surface area contributed by atoms with Crippen LogP contribution in [0.3, 0.4) is 0 Å². The monoisotopic (exact) mass is 298 g/mol. The largest absolute Gasteiger partial charge is 0.424 e. The lowest BCUT2D eigenvalue weighted by molar-refractivity contribution is -0.387. The molecule has 1 N–H and O–H groups in total. The van der Waals surface area contributed by atoms with Crippen molar-refractivity contribution < 1.29 is 18.1 Å². The average molecular weight is 299 g/mol. The number of alkyl halides is 3. The summed E-state index contributed by atoms with van der Waals surface area (Å²) in [5.41, 5.74) is -2.45. The zero-order chi connectivity index (χ0) is 12.5. The van der Waals surface area contributed by atoms with Gasteiger partial charge in [-0.2, -0.15) is 13.2 Å². The first kappa shape index (κ1) is 12.8. The summed E-state index contributed by atoms with van der Waals surface area (Å²) in [5, 5.41) is 13.0. The second kappa shape index (κ2) is 4.28. The van der Waals surface area contributed by atoms with Gasteiger partial charge in [0.05, 0.1) is 4.92 Å². The third kappa shape index (κ3) is 2.26. The highest BCUT2D eigenvalue weighted by atomic mass is 79.9. The maximum atomic E-state index is 12.6. The van der Waals surface area contributed by atoms with Crippen molar-refractivity contribution in [2.45, 2.75) is 6.18 Å². The fraction of sp³-hybridized carbons (Fsp3) is 0.250. The second-order valence-corrected chi connectivity index (χ2v) is 3.68. The summed E-state index contributed by atoms with van der Waals surface area (Å²) in [6.45, 7) is 0. The van der Waals surface area contributed by atoms with E-state index < -0.39 is 22.4 Å². The van der Waals surface area contributed by atoms with E-state index in [2.05, 4.69) is 21.2 Å². The lowest BCUT2D eigenvalue weighted by Crippen LogP contribution is -2.11. The Morgan fingerprint density at radius 2 is 2.00 bits per heavy atom. The fourth-order valence-electron chi connectivity index (χ4n) is 1.23. The Kier molecular flexibility index (Phi) is 3.41. The van der Waals surface area contributed by atoms with Gasteiger partial charge < -0.3 is 5.32 Å². The number of nitro groups is 1. The molecule has 0 heterocycles. The van der Waals surface area contributed by atoms with Gasteiger partial charge in [-0.05, 0) is 28.1 Å². The Morgan fingerprint density at radius 3 is 2.38 bits per heavy atom. The van der Waals surface area contributed by atoms with E-state index >= 15 is 0 Å². The van der Waals surface area contributed by atoms with E-state index in [1.165, 1.54) is 13.1 Å². The summed E-state index contributed by atoms with van der Waals surface area (Å²) in [4.78, 5) is 9.59. The highest BCUT2D eigenvalue weighted by molar-refractivity contribution is 9.10. The Hall–Kier alpha value is -1.31. The van der Waals surface area contributed by atoms with Crippen LogP contribution in [-0.4, -0.2) is 12.0 Å². The smallest absolute Gasteiger partial charge is 0.383 e. The molecule has 1 rings (SSSR count). The highest BCUT2D eigenvalue weighted by Crippen LogP contribution is 2.44. The number of rotatable bonds is 2. The van der Waals surface area contributed by atoms with Crippen LogP contribution in [0.4, 0.5) is 24.5 Å². The first-order valence-corrected chi connectivity index (χ1v) is 4.80. The molecule has 0 aliphatic heterocycles. The minimum absolute atomic E-state index is 0.180. The van der Waals surface area contributed by atoms with Crippen molar-refractivity contribution in [3.8, 4) is 0 Å². The fourth-order valence-corrected chi connectivity index (χ4v) is 1.77. The van der Waals surface area contributed by atoms with Crippen LogP contribution < -0.4 is 5.32 Å². The third-order valence-corrected chi connectivity index (χ3v) is 2.52. The van der Waals surface area contributed by atoms with E-state index in [4.69, 9.17) is 0 Å². The van der Waals surface area contributed by atoms with Crippen LogP contribution in [0, 0.1) is 10.1 Å². The van der Waals surface area contributed by atoms with Gasteiger partial charge in [0.25, 0.3) is 0 Å². The number of hydrogen-bond acceptors (Lipinski definition) is 3. The number of benzene rings is 1. The Morgan fingerprint density at radius 1 is 1.44 bits per heavy atom. The Balaban J connectivity index is 3.62. The number of anilines is 1. The van der Waals surface area contributed by atoms with Crippen LogP contribution in [0.1, 0.15) is 5.56 Å². The number of nitro benzene ring substituents is 1. The summed E-state index contributed by atoms with van der Waals surface area (Å²) in [5.74, 6) is 0. The van der Waals surface area contributed by atoms with Gasteiger partial charge in [-0.3, -0.25) is 10.1 Å². The van der Waals surface area contributed by atoms with Gasteiger partial charge in [-0.25, -0.2) is 0 Å². The lowest BCUT2D eigenvalue weighted by atomic mass is 10.1. The van der Waals surface area contributed by atoms with E-state index in [1.807, 2.05) is 0 Å². The van der Waals surface area contributed by atoms with Crippen molar-refractivity contribution in [3.05, 3.63) is 32.3 Å². The predicted molar refractivity (Wildman–Crippen MR) is 55.3 cm³/mol. The number of halogens is 4.